The van der Waals surface area contributed by atoms with Crippen molar-refractivity contribution in [2.45, 2.75) is 50.7 Å². The molecule has 21 heavy (non-hydrogen) atoms. The van der Waals surface area contributed by atoms with Crippen LogP contribution in [0.15, 0.2) is 24.3 Å². The van der Waals surface area contributed by atoms with Crippen molar-refractivity contribution >= 4 is 6.16 Å². The fourth-order valence-electron chi connectivity index (χ4n) is 2.70. The van der Waals surface area contributed by atoms with Gasteiger partial charge in [0.1, 0.15) is 11.9 Å². The number of hydrogen-bond acceptors (Lipinski definition) is 4. The minimum atomic E-state index is -1.25. The van der Waals surface area contributed by atoms with E-state index < -0.39 is 11.8 Å². The van der Waals surface area contributed by atoms with Gasteiger partial charge in [-0.3, -0.25) is 0 Å². The molecule has 1 aromatic rings. The highest BCUT2D eigenvalue weighted by molar-refractivity contribution is 5.57. The van der Waals surface area contributed by atoms with Crippen molar-refractivity contribution in [1.82, 2.24) is 0 Å². The molecule has 0 heterocycles. The molecule has 0 saturated heterocycles. The maximum atomic E-state index is 10.7. The Morgan fingerprint density at radius 3 is 2.43 bits per heavy atom. The molecule has 2 rings (SSSR count). The molecule has 0 aromatic heterocycles. The Bertz CT molecular complexity index is 460. The van der Waals surface area contributed by atoms with E-state index in [0.717, 1.165) is 17.7 Å². The Kier molecular flexibility index (Phi) is 5.07. The molecule has 1 aliphatic rings. The fraction of sp³-hybridized carbons (Fsp3) is 0.562. The fourth-order valence-corrected chi connectivity index (χ4v) is 2.70. The Balaban J connectivity index is 1.96. The van der Waals surface area contributed by atoms with Crippen LogP contribution in [-0.4, -0.2) is 29.1 Å². The third-order valence-electron chi connectivity index (χ3n) is 3.89. The zero-order chi connectivity index (χ0) is 15.3. The van der Waals surface area contributed by atoms with E-state index in [4.69, 9.17) is 14.6 Å². The number of rotatable bonds is 5. The molecule has 116 valence electrons. The summed E-state index contributed by atoms with van der Waals surface area (Å²) in [6.07, 6.45) is 1.47. The van der Waals surface area contributed by atoms with Gasteiger partial charge >= 0.3 is 6.16 Å². The average molecular weight is 294 g/mol. The summed E-state index contributed by atoms with van der Waals surface area (Å²) in [7, 11) is 0. The highest BCUT2D eigenvalue weighted by atomic mass is 16.7. The molecular formula is C16H22O5. The van der Waals surface area contributed by atoms with E-state index in [9.17, 15) is 9.90 Å². The van der Waals surface area contributed by atoms with Crippen LogP contribution in [0.5, 0.6) is 5.75 Å². The number of ether oxygens (including phenoxy) is 2. The molecule has 0 unspecified atom stereocenters. The van der Waals surface area contributed by atoms with E-state index in [1.807, 2.05) is 24.3 Å². The molecule has 0 aliphatic heterocycles. The molecule has 1 aliphatic carbocycles. The molecule has 5 heteroatoms. The quantitative estimate of drug-likeness (QED) is 0.815. The molecule has 0 amide bonds. The van der Waals surface area contributed by atoms with E-state index in [2.05, 4.69) is 6.92 Å². The number of carbonyl (C=O) groups is 1. The summed E-state index contributed by atoms with van der Waals surface area (Å²) in [6, 6.07) is 7.48. The van der Waals surface area contributed by atoms with Gasteiger partial charge in [-0.15, -0.1) is 0 Å². The predicted molar refractivity (Wildman–Crippen MR) is 77.5 cm³/mol. The zero-order valence-corrected chi connectivity index (χ0v) is 12.2. The summed E-state index contributed by atoms with van der Waals surface area (Å²) in [4.78, 5) is 10.5. The van der Waals surface area contributed by atoms with E-state index >= 15 is 0 Å². The first-order chi connectivity index (χ1) is 10.0. The van der Waals surface area contributed by atoms with Crippen LogP contribution in [0.3, 0.4) is 0 Å². The van der Waals surface area contributed by atoms with Crippen molar-refractivity contribution in [3.05, 3.63) is 29.8 Å². The number of benzene rings is 1. The van der Waals surface area contributed by atoms with Crippen molar-refractivity contribution in [3.63, 3.8) is 0 Å². The van der Waals surface area contributed by atoms with Crippen LogP contribution in [-0.2, 0) is 10.3 Å². The minimum absolute atomic E-state index is 0.310. The second kappa shape index (κ2) is 6.80. The van der Waals surface area contributed by atoms with Gasteiger partial charge in [-0.25, -0.2) is 4.79 Å². The van der Waals surface area contributed by atoms with Gasteiger partial charge in [0.15, 0.2) is 0 Å². The second-order valence-electron chi connectivity index (χ2n) is 5.49. The Labute approximate surface area is 124 Å². The lowest BCUT2D eigenvalue weighted by molar-refractivity contribution is -0.0481. The van der Waals surface area contributed by atoms with Crippen molar-refractivity contribution in [1.29, 1.82) is 0 Å². The van der Waals surface area contributed by atoms with Gasteiger partial charge in [-0.2, -0.15) is 0 Å². The standard InChI is InChI=1S/C16H22O5/c1-2-11-20-13-5-3-12(4-6-13)16(19)9-7-14(8-10-16)21-15(17)18/h3-6,14,19H,2,7-11H2,1H3,(H,17,18). The first kappa shape index (κ1) is 15.6. The minimum Gasteiger partial charge on any atom is -0.494 e. The molecule has 5 nitrogen and oxygen atoms in total. The van der Waals surface area contributed by atoms with Gasteiger partial charge in [0.05, 0.1) is 12.2 Å². The zero-order valence-electron chi connectivity index (χ0n) is 12.2. The van der Waals surface area contributed by atoms with Gasteiger partial charge in [0.2, 0.25) is 0 Å². The Morgan fingerprint density at radius 1 is 1.29 bits per heavy atom. The van der Waals surface area contributed by atoms with Crippen molar-refractivity contribution in [2.24, 2.45) is 0 Å². The van der Waals surface area contributed by atoms with E-state index in [1.165, 1.54) is 0 Å². The highest BCUT2D eigenvalue weighted by Crippen LogP contribution is 2.38. The summed E-state index contributed by atoms with van der Waals surface area (Å²) >= 11 is 0. The summed E-state index contributed by atoms with van der Waals surface area (Å²) < 4.78 is 10.3. The van der Waals surface area contributed by atoms with Crippen LogP contribution in [0.2, 0.25) is 0 Å². The van der Waals surface area contributed by atoms with E-state index in [1.54, 1.807) is 0 Å². The maximum absolute atomic E-state index is 10.7. The first-order valence-corrected chi connectivity index (χ1v) is 7.39. The number of aliphatic hydroxyl groups is 1. The van der Waals surface area contributed by atoms with Gasteiger partial charge in [0.25, 0.3) is 0 Å². The van der Waals surface area contributed by atoms with Crippen molar-refractivity contribution < 1.29 is 24.5 Å². The Morgan fingerprint density at radius 2 is 1.90 bits per heavy atom. The monoisotopic (exact) mass is 294 g/mol. The maximum Gasteiger partial charge on any atom is 0.506 e. The van der Waals surface area contributed by atoms with Crippen LogP contribution in [0.4, 0.5) is 4.79 Å². The summed E-state index contributed by atoms with van der Waals surface area (Å²) in [5.41, 5.74) is -0.0538. The SMILES string of the molecule is CCCOc1ccc(C2(O)CCC(OC(=O)O)CC2)cc1. The van der Waals surface area contributed by atoms with Crippen molar-refractivity contribution in [2.75, 3.05) is 6.61 Å². The third kappa shape index (κ3) is 4.11. The van der Waals surface area contributed by atoms with Crippen LogP contribution in [0.1, 0.15) is 44.6 Å². The molecule has 0 atom stereocenters. The molecule has 2 N–H and O–H groups in total. The third-order valence-corrected chi connectivity index (χ3v) is 3.89. The summed E-state index contributed by atoms with van der Waals surface area (Å²) in [6.45, 7) is 2.73. The normalized spacial score (nSPS) is 25.3. The van der Waals surface area contributed by atoms with Crippen LogP contribution < -0.4 is 4.74 Å². The summed E-state index contributed by atoms with van der Waals surface area (Å²) in [5, 5.41) is 19.3. The molecule has 0 bridgehead atoms. The van der Waals surface area contributed by atoms with Gasteiger partial charge in [-0.05, 0) is 49.8 Å². The van der Waals surface area contributed by atoms with E-state index in [-0.39, 0.29) is 6.10 Å². The topological polar surface area (TPSA) is 76.0 Å². The van der Waals surface area contributed by atoms with E-state index in [0.29, 0.717) is 32.3 Å². The molecule has 0 spiro atoms. The lowest BCUT2D eigenvalue weighted by Gasteiger charge is -2.35. The lowest BCUT2D eigenvalue weighted by Crippen LogP contribution is -2.35. The highest BCUT2D eigenvalue weighted by Gasteiger charge is 2.36. The first-order valence-electron chi connectivity index (χ1n) is 7.39. The Hall–Kier alpha value is -1.75. The second-order valence-corrected chi connectivity index (χ2v) is 5.49. The number of hydrogen-bond donors (Lipinski definition) is 2. The van der Waals surface area contributed by atoms with Crippen LogP contribution >= 0.6 is 0 Å². The molecule has 0 radical (unpaired) electrons. The predicted octanol–water partition coefficient (Wildman–Crippen LogP) is 3.30. The summed E-state index contributed by atoms with van der Waals surface area (Å²) in [5.74, 6) is 0.798. The molecule has 1 aromatic carbocycles. The van der Waals surface area contributed by atoms with Crippen LogP contribution in [0.25, 0.3) is 0 Å². The average Bonchev–Trinajstić information content (AvgIpc) is 2.48. The van der Waals surface area contributed by atoms with Gasteiger partial charge in [0, 0.05) is 0 Å². The van der Waals surface area contributed by atoms with Crippen molar-refractivity contribution in [3.8, 4) is 5.75 Å². The number of carboxylic acid groups (broad SMARTS) is 1. The largest absolute Gasteiger partial charge is 0.506 e. The van der Waals surface area contributed by atoms with Gasteiger partial charge < -0.3 is 19.7 Å². The molecule has 1 saturated carbocycles. The molecule has 1 fully saturated rings. The van der Waals surface area contributed by atoms with Gasteiger partial charge in [-0.1, -0.05) is 19.1 Å². The van der Waals surface area contributed by atoms with Crippen LogP contribution in [0, 0.1) is 0 Å². The smallest absolute Gasteiger partial charge is 0.494 e. The lowest BCUT2D eigenvalue weighted by atomic mass is 9.78. The molecular weight excluding hydrogens is 272 g/mol.